The highest BCUT2D eigenvalue weighted by Gasteiger charge is 2.35. The molecule has 0 spiro atoms. The van der Waals surface area contributed by atoms with Crippen LogP contribution < -0.4 is 10.1 Å². The Bertz CT molecular complexity index is 969. The SMILES string of the molecule is CC(C)CC(C)COc1ccc(-c2ccnc(NCc3ccco3)c2)cc1C(F)(F)F. The lowest BCUT2D eigenvalue weighted by Gasteiger charge is -2.19. The van der Waals surface area contributed by atoms with E-state index in [1.807, 2.05) is 13.0 Å². The molecule has 1 N–H and O–H groups in total. The molecule has 0 saturated heterocycles. The van der Waals surface area contributed by atoms with E-state index in [1.54, 1.807) is 36.7 Å². The molecule has 0 bridgehead atoms. The number of anilines is 1. The van der Waals surface area contributed by atoms with Crippen LogP contribution in [0.3, 0.4) is 0 Å². The average molecular weight is 432 g/mol. The second kappa shape index (κ2) is 9.90. The van der Waals surface area contributed by atoms with Crippen molar-refractivity contribution >= 4 is 5.82 Å². The van der Waals surface area contributed by atoms with Crippen LogP contribution in [0.2, 0.25) is 0 Å². The van der Waals surface area contributed by atoms with Gasteiger partial charge in [-0.15, -0.1) is 0 Å². The third-order valence-corrected chi connectivity index (χ3v) is 4.80. The molecule has 7 heteroatoms. The molecular weight excluding hydrogens is 405 g/mol. The summed E-state index contributed by atoms with van der Waals surface area (Å²) in [7, 11) is 0. The molecule has 1 aromatic carbocycles. The van der Waals surface area contributed by atoms with Crippen molar-refractivity contribution in [2.45, 2.75) is 39.9 Å². The lowest BCUT2D eigenvalue weighted by molar-refractivity contribution is -0.139. The second-order valence-corrected chi connectivity index (χ2v) is 8.12. The number of halogens is 3. The molecule has 0 saturated carbocycles. The molecule has 0 aliphatic heterocycles. The van der Waals surface area contributed by atoms with E-state index in [0.29, 0.717) is 29.4 Å². The third-order valence-electron chi connectivity index (χ3n) is 4.80. The number of furan rings is 1. The summed E-state index contributed by atoms with van der Waals surface area (Å²) in [4.78, 5) is 4.23. The zero-order valence-electron chi connectivity index (χ0n) is 17.9. The highest BCUT2D eigenvalue weighted by atomic mass is 19.4. The molecule has 0 radical (unpaired) electrons. The van der Waals surface area contributed by atoms with Crippen molar-refractivity contribution in [3.05, 3.63) is 66.2 Å². The lowest BCUT2D eigenvalue weighted by atomic mass is 9.99. The number of ether oxygens (including phenoxy) is 1. The zero-order valence-corrected chi connectivity index (χ0v) is 17.9. The summed E-state index contributed by atoms with van der Waals surface area (Å²) >= 11 is 0. The molecule has 0 aliphatic rings. The van der Waals surface area contributed by atoms with Crippen LogP contribution in [-0.4, -0.2) is 11.6 Å². The van der Waals surface area contributed by atoms with Crippen molar-refractivity contribution in [2.75, 3.05) is 11.9 Å². The largest absolute Gasteiger partial charge is 0.493 e. The first-order valence-corrected chi connectivity index (χ1v) is 10.3. The van der Waals surface area contributed by atoms with Crippen molar-refractivity contribution in [3.8, 4) is 16.9 Å². The molecule has 1 unspecified atom stereocenters. The normalized spacial score (nSPS) is 12.7. The van der Waals surface area contributed by atoms with Gasteiger partial charge in [-0.1, -0.05) is 26.8 Å². The van der Waals surface area contributed by atoms with Crippen LogP contribution in [0.1, 0.15) is 38.5 Å². The molecule has 2 heterocycles. The predicted molar refractivity (Wildman–Crippen MR) is 115 cm³/mol. The van der Waals surface area contributed by atoms with Gasteiger partial charge in [-0.2, -0.15) is 13.2 Å². The van der Waals surface area contributed by atoms with Gasteiger partial charge in [0.05, 0.1) is 25.0 Å². The minimum Gasteiger partial charge on any atom is -0.493 e. The smallest absolute Gasteiger partial charge is 0.419 e. The Morgan fingerprint density at radius 3 is 2.52 bits per heavy atom. The van der Waals surface area contributed by atoms with E-state index in [1.165, 1.54) is 6.07 Å². The fourth-order valence-electron chi connectivity index (χ4n) is 3.46. The summed E-state index contributed by atoms with van der Waals surface area (Å²) in [5.74, 6) is 1.77. The Kier molecular flexibility index (Phi) is 7.25. The van der Waals surface area contributed by atoms with Crippen LogP contribution in [0.4, 0.5) is 19.0 Å². The van der Waals surface area contributed by atoms with Crippen molar-refractivity contribution < 1.29 is 22.3 Å². The van der Waals surface area contributed by atoms with E-state index >= 15 is 0 Å². The summed E-state index contributed by atoms with van der Waals surface area (Å²) in [6.45, 7) is 6.82. The van der Waals surface area contributed by atoms with E-state index < -0.39 is 11.7 Å². The number of pyridine rings is 1. The van der Waals surface area contributed by atoms with Gasteiger partial charge in [0.2, 0.25) is 0 Å². The molecule has 1 atom stereocenters. The number of nitrogens with one attached hydrogen (secondary N) is 1. The number of alkyl halides is 3. The molecule has 3 rings (SSSR count). The first-order chi connectivity index (χ1) is 14.7. The fraction of sp³-hybridized carbons (Fsp3) is 0.375. The second-order valence-electron chi connectivity index (χ2n) is 8.12. The Balaban J connectivity index is 1.79. The van der Waals surface area contributed by atoms with E-state index in [2.05, 4.69) is 24.1 Å². The molecule has 0 aliphatic carbocycles. The summed E-state index contributed by atoms with van der Waals surface area (Å²) < 4.78 is 52.0. The van der Waals surface area contributed by atoms with E-state index in [0.717, 1.165) is 18.2 Å². The van der Waals surface area contributed by atoms with Gasteiger partial charge in [0.15, 0.2) is 0 Å². The van der Waals surface area contributed by atoms with Gasteiger partial charge >= 0.3 is 6.18 Å². The van der Waals surface area contributed by atoms with E-state index in [4.69, 9.17) is 9.15 Å². The summed E-state index contributed by atoms with van der Waals surface area (Å²) in [6.07, 6.45) is -0.484. The number of nitrogens with zero attached hydrogens (tertiary/aromatic N) is 1. The van der Waals surface area contributed by atoms with Gasteiger partial charge in [0.25, 0.3) is 0 Å². The molecule has 31 heavy (non-hydrogen) atoms. The van der Waals surface area contributed by atoms with Crippen LogP contribution in [0, 0.1) is 11.8 Å². The number of hydrogen-bond donors (Lipinski definition) is 1. The lowest BCUT2D eigenvalue weighted by Crippen LogP contribution is -2.14. The van der Waals surface area contributed by atoms with Gasteiger partial charge < -0.3 is 14.5 Å². The van der Waals surface area contributed by atoms with E-state index in [-0.39, 0.29) is 18.3 Å². The van der Waals surface area contributed by atoms with E-state index in [9.17, 15) is 13.2 Å². The van der Waals surface area contributed by atoms with Crippen molar-refractivity contribution in [1.29, 1.82) is 0 Å². The minimum atomic E-state index is -4.51. The minimum absolute atomic E-state index is 0.142. The third kappa shape index (κ3) is 6.51. The van der Waals surface area contributed by atoms with Crippen LogP contribution in [0.15, 0.2) is 59.3 Å². The standard InChI is InChI=1S/C24H27F3N2O2/c1-16(2)11-17(3)15-31-22-7-6-18(12-21(22)24(25,26)27)19-8-9-28-23(13-19)29-14-20-5-4-10-30-20/h4-10,12-13,16-17H,11,14-15H2,1-3H3,(H,28,29). The average Bonchev–Trinajstić information content (AvgIpc) is 3.23. The van der Waals surface area contributed by atoms with Crippen LogP contribution in [0.5, 0.6) is 5.75 Å². The van der Waals surface area contributed by atoms with Gasteiger partial charge in [-0.25, -0.2) is 4.98 Å². The highest BCUT2D eigenvalue weighted by molar-refractivity contribution is 5.68. The highest BCUT2D eigenvalue weighted by Crippen LogP contribution is 2.39. The monoisotopic (exact) mass is 432 g/mol. The molecule has 166 valence electrons. The van der Waals surface area contributed by atoms with Crippen LogP contribution in [-0.2, 0) is 12.7 Å². The van der Waals surface area contributed by atoms with Crippen molar-refractivity contribution in [3.63, 3.8) is 0 Å². The molecule has 0 amide bonds. The Labute approximate surface area is 180 Å². The number of rotatable bonds is 9. The maximum absolute atomic E-state index is 13.7. The van der Waals surface area contributed by atoms with Gasteiger partial charge in [-0.3, -0.25) is 0 Å². The molecule has 0 fully saturated rings. The van der Waals surface area contributed by atoms with Gasteiger partial charge in [0.1, 0.15) is 17.3 Å². The number of hydrogen-bond acceptors (Lipinski definition) is 4. The quantitative estimate of drug-likeness (QED) is 0.394. The summed E-state index contributed by atoms with van der Waals surface area (Å²) in [5, 5.41) is 3.11. The van der Waals surface area contributed by atoms with Crippen LogP contribution >= 0.6 is 0 Å². The first-order valence-electron chi connectivity index (χ1n) is 10.3. The molecular formula is C24H27F3N2O2. The summed E-state index contributed by atoms with van der Waals surface area (Å²) in [5.41, 5.74) is 0.296. The first kappa shape index (κ1) is 22.7. The summed E-state index contributed by atoms with van der Waals surface area (Å²) in [6, 6.07) is 11.2. The maximum Gasteiger partial charge on any atom is 0.419 e. The molecule has 2 aromatic heterocycles. The van der Waals surface area contributed by atoms with Gasteiger partial charge in [0, 0.05) is 6.20 Å². The number of benzene rings is 1. The van der Waals surface area contributed by atoms with Crippen molar-refractivity contribution in [2.24, 2.45) is 11.8 Å². The predicted octanol–water partition coefficient (Wildman–Crippen LogP) is 7.03. The fourth-order valence-corrected chi connectivity index (χ4v) is 3.46. The molecule has 3 aromatic rings. The zero-order chi connectivity index (χ0) is 22.4. The van der Waals surface area contributed by atoms with Crippen LogP contribution in [0.25, 0.3) is 11.1 Å². The maximum atomic E-state index is 13.7. The molecule has 4 nitrogen and oxygen atoms in total. The Hall–Kier alpha value is -2.96. The van der Waals surface area contributed by atoms with Crippen molar-refractivity contribution in [1.82, 2.24) is 4.98 Å². The number of aromatic nitrogens is 1. The van der Waals surface area contributed by atoms with Gasteiger partial charge in [-0.05, 0) is 65.8 Å². The Morgan fingerprint density at radius 1 is 1.06 bits per heavy atom. The Morgan fingerprint density at radius 2 is 1.84 bits per heavy atom. The topological polar surface area (TPSA) is 47.3 Å².